The van der Waals surface area contributed by atoms with Gasteiger partial charge in [0, 0.05) is 31.7 Å². The molecule has 3 amide bonds. The summed E-state index contributed by atoms with van der Waals surface area (Å²) in [5.74, 6) is 5.93. The number of carbonyl (C=O) groups excluding carboxylic acids is 2. The van der Waals surface area contributed by atoms with Gasteiger partial charge in [0.15, 0.2) is 0 Å². The maximum atomic E-state index is 12.3. The molecule has 138 valence electrons. The van der Waals surface area contributed by atoms with E-state index in [1.807, 2.05) is 13.8 Å². The molecule has 7 heteroatoms. The number of amides is 3. The highest BCUT2D eigenvalue weighted by molar-refractivity contribution is 6.42. The lowest BCUT2D eigenvalue weighted by Crippen LogP contribution is -2.54. The Hall–Kier alpha value is -2.16. The Morgan fingerprint density at radius 1 is 1.15 bits per heavy atom. The predicted octanol–water partition coefficient (Wildman–Crippen LogP) is 3.16. The van der Waals surface area contributed by atoms with Gasteiger partial charge in [-0.25, -0.2) is 4.79 Å². The number of hydrogen-bond acceptors (Lipinski definition) is 2. The Bertz CT molecular complexity index is 760. The fourth-order valence-corrected chi connectivity index (χ4v) is 2.75. The molecule has 5 nitrogen and oxygen atoms in total. The van der Waals surface area contributed by atoms with Crippen molar-refractivity contribution in [2.24, 2.45) is 0 Å². The fraction of sp³-hybridized carbons (Fsp3) is 0.368. The van der Waals surface area contributed by atoms with E-state index in [1.54, 1.807) is 34.1 Å². The van der Waals surface area contributed by atoms with E-state index in [0.717, 1.165) is 5.56 Å². The van der Waals surface area contributed by atoms with Crippen LogP contribution in [0.25, 0.3) is 0 Å². The molecule has 0 bridgehead atoms. The van der Waals surface area contributed by atoms with Crippen molar-refractivity contribution in [3.05, 3.63) is 46.0 Å². The van der Waals surface area contributed by atoms with Crippen molar-refractivity contribution in [2.45, 2.75) is 19.9 Å². The van der Waals surface area contributed by atoms with Gasteiger partial charge in [0.1, 0.15) is 0 Å². The van der Waals surface area contributed by atoms with E-state index in [0.29, 0.717) is 36.2 Å². The lowest BCUT2D eigenvalue weighted by molar-refractivity contribution is -0.127. The van der Waals surface area contributed by atoms with Crippen LogP contribution in [-0.2, 0) is 4.79 Å². The van der Waals surface area contributed by atoms with Gasteiger partial charge in [-0.15, -0.1) is 0 Å². The largest absolute Gasteiger partial charge is 0.336 e. The second-order valence-electron chi connectivity index (χ2n) is 5.88. The number of piperazine rings is 1. The molecule has 1 fully saturated rings. The van der Waals surface area contributed by atoms with Crippen molar-refractivity contribution in [1.82, 2.24) is 15.1 Å². The summed E-state index contributed by atoms with van der Waals surface area (Å²) in [7, 11) is 0. The van der Waals surface area contributed by atoms with Gasteiger partial charge in [0.25, 0.3) is 0 Å². The average molecular weight is 394 g/mol. The van der Waals surface area contributed by atoms with Gasteiger partial charge in [-0.05, 0) is 38.1 Å². The molecule has 1 saturated heterocycles. The van der Waals surface area contributed by atoms with Crippen molar-refractivity contribution in [1.29, 1.82) is 0 Å². The van der Waals surface area contributed by atoms with Gasteiger partial charge < -0.3 is 15.1 Å². The predicted molar refractivity (Wildman–Crippen MR) is 104 cm³/mol. The number of allylic oxidation sites excluding steroid dienone is 1. The van der Waals surface area contributed by atoms with Crippen molar-refractivity contribution < 1.29 is 9.59 Å². The first kappa shape index (κ1) is 20.2. The lowest BCUT2D eigenvalue weighted by Gasteiger charge is -2.34. The highest BCUT2D eigenvalue weighted by atomic mass is 35.5. The fourth-order valence-electron chi connectivity index (χ4n) is 2.46. The molecule has 1 aliphatic rings. The second-order valence-corrected chi connectivity index (χ2v) is 6.70. The number of nitrogens with zero attached hydrogens (tertiary/aromatic N) is 2. The van der Waals surface area contributed by atoms with Crippen LogP contribution in [0.3, 0.4) is 0 Å². The summed E-state index contributed by atoms with van der Waals surface area (Å²) in [4.78, 5) is 27.5. The van der Waals surface area contributed by atoms with Gasteiger partial charge in [-0.3, -0.25) is 4.79 Å². The van der Waals surface area contributed by atoms with Crippen LogP contribution in [0.2, 0.25) is 10.0 Å². The van der Waals surface area contributed by atoms with Gasteiger partial charge >= 0.3 is 6.03 Å². The second kappa shape index (κ2) is 9.51. The number of halogens is 2. The number of nitrogens with one attached hydrogen (secondary N) is 1. The van der Waals surface area contributed by atoms with E-state index in [4.69, 9.17) is 23.2 Å². The molecular formula is C19H21Cl2N3O2. The number of rotatable bonds is 2. The molecule has 0 spiro atoms. The topological polar surface area (TPSA) is 52.7 Å². The minimum absolute atomic E-state index is 0.0200. The Balaban J connectivity index is 1.85. The minimum Gasteiger partial charge on any atom is -0.336 e. The molecule has 1 aliphatic heterocycles. The Morgan fingerprint density at radius 3 is 2.42 bits per heavy atom. The zero-order valence-corrected chi connectivity index (χ0v) is 16.3. The molecule has 0 saturated carbocycles. The Kier molecular flexibility index (Phi) is 7.38. The molecule has 1 N–H and O–H groups in total. The smallest absolute Gasteiger partial charge is 0.318 e. The van der Waals surface area contributed by atoms with Crippen LogP contribution in [0.5, 0.6) is 0 Å². The summed E-state index contributed by atoms with van der Waals surface area (Å²) in [6, 6.07) is 4.65. The third kappa shape index (κ3) is 5.69. The summed E-state index contributed by atoms with van der Waals surface area (Å²) in [5.41, 5.74) is 0.733. The third-order valence-corrected chi connectivity index (χ3v) is 4.62. The summed E-state index contributed by atoms with van der Waals surface area (Å²) >= 11 is 11.8. The number of hydrogen-bond donors (Lipinski definition) is 1. The summed E-state index contributed by atoms with van der Waals surface area (Å²) < 4.78 is 0. The zero-order valence-electron chi connectivity index (χ0n) is 14.8. The average Bonchev–Trinajstić information content (AvgIpc) is 2.63. The quantitative estimate of drug-likeness (QED) is 0.619. The number of benzene rings is 1. The molecular weight excluding hydrogens is 373 g/mol. The van der Waals surface area contributed by atoms with Crippen LogP contribution in [0.1, 0.15) is 19.4 Å². The van der Waals surface area contributed by atoms with Gasteiger partial charge in [0.05, 0.1) is 16.1 Å². The van der Waals surface area contributed by atoms with E-state index in [1.165, 1.54) is 6.08 Å². The Morgan fingerprint density at radius 2 is 1.81 bits per heavy atom. The monoisotopic (exact) mass is 393 g/mol. The SMILES string of the molecule is C/C=C/C(=O)N1CCN(C(=O)NC(C)C#Cc2ccc(Cl)c(Cl)c2)CC1. The van der Waals surface area contributed by atoms with E-state index < -0.39 is 0 Å². The molecule has 26 heavy (non-hydrogen) atoms. The normalized spacial score (nSPS) is 15.4. The van der Waals surface area contributed by atoms with Crippen LogP contribution < -0.4 is 5.32 Å². The number of carbonyl (C=O) groups is 2. The molecule has 1 atom stereocenters. The van der Waals surface area contributed by atoms with Crippen LogP contribution in [0.15, 0.2) is 30.4 Å². The van der Waals surface area contributed by atoms with Crippen LogP contribution in [0.4, 0.5) is 4.79 Å². The van der Waals surface area contributed by atoms with Crippen molar-refractivity contribution >= 4 is 35.1 Å². The molecule has 1 heterocycles. The van der Waals surface area contributed by atoms with Crippen molar-refractivity contribution in [3.8, 4) is 11.8 Å². The van der Waals surface area contributed by atoms with E-state index in [-0.39, 0.29) is 18.0 Å². The first-order chi connectivity index (χ1) is 12.4. The molecule has 1 aromatic rings. The third-order valence-electron chi connectivity index (χ3n) is 3.88. The van der Waals surface area contributed by atoms with Gasteiger partial charge in [0.2, 0.25) is 5.91 Å². The summed E-state index contributed by atoms with van der Waals surface area (Å²) in [6.45, 7) is 5.68. The number of urea groups is 1. The van der Waals surface area contributed by atoms with E-state index >= 15 is 0 Å². The van der Waals surface area contributed by atoms with E-state index in [2.05, 4.69) is 17.2 Å². The van der Waals surface area contributed by atoms with Crippen LogP contribution >= 0.6 is 23.2 Å². The maximum Gasteiger partial charge on any atom is 0.318 e. The summed E-state index contributed by atoms with van der Waals surface area (Å²) in [5, 5.41) is 3.77. The van der Waals surface area contributed by atoms with E-state index in [9.17, 15) is 9.59 Å². The molecule has 0 radical (unpaired) electrons. The highest BCUT2D eigenvalue weighted by Crippen LogP contribution is 2.22. The first-order valence-electron chi connectivity index (χ1n) is 8.34. The molecule has 2 rings (SSSR count). The first-order valence-corrected chi connectivity index (χ1v) is 9.10. The maximum absolute atomic E-state index is 12.3. The van der Waals surface area contributed by atoms with Gasteiger partial charge in [-0.1, -0.05) is 41.1 Å². The molecule has 0 aromatic heterocycles. The molecule has 1 unspecified atom stereocenters. The Labute approximate surface area is 163 Å². The van der Waals surface area contributed by atoms with Crippen LogP contribution in [-0.4, -0.2) is 54.0 Å². The lowest BCUT2D eigenvalue weighted by atomic mass is 10.2. The molecule has 1 aromatic carbocycles. The standard InChI is InChI=1S/C19H21Cl2N3O2/c1-3-4-18(25)23-9-11-24(12-10-23)19(26)22-14(2)5-6-15-7-8-16(20)17(21)13-15/h3-4,7-8,13-14H,9-12H2,1-2H3,(H,22,26)/b4-3+. The molecule has 0 aliphatic carbocycles. The highest BCUT2D eigenvalue weighted by Gasteiger charge is 2.23. The van der Waals surface area contributed by atoms with Crippen molar-refractivity contribution in [3.63, 3.8) is 0 Å². The van der Waals surface area contributed by atoms with Gasteiger partial charge in [-0.2, -0.15) is 0 Å². The summed E-state index contributed by atoms with van der Waals surface area (Å²) in [6.07, 6.45) is 3.26. The van der Waals surface area contributed by atoms with Crippen molar-refractivity contribution in [2.75, 3.05) is 26.2 Å². The zero-order chi connectivity index (χ0) is 19.1. The minimum atomic E-state index is -0.320. The van der Waals surface area contributed by atoms with Crippen LogP contribution in [0, 0.1) is 11.8 Å².